The molecule has 0 aliphatic rings. The summed E-state index contributed by atoms with van der Waals surface area (Å²) < 4.78 is 5.82. The topological polar surface area (TPSA) is 43.9 Å². The van der Waals surface area contributed by atoms with Crippen LogP contribution in [-0.2, 0) is 13.7 Å². The van der Waals surface area contributed by atoms with Crippen molar-refractivity contribution in [2.45, 2.75) is 13.6 Å². The molecule has 3 aromatic carbocycles. The molecule has 5 rings (SSSR count). The molecule has 0 unspecified atom stereocenters. The van der Waals surface area contributed by atoms with E-state index in [4.69, 9.17) is 0 Å². The average molecular weight is 382 g/mol. The molecule has 0 bridgehead atoms. The van der Waals surface area contributed by atoms with Gasteiger partial charge in [-0.25, -0.2) is 4.68 Å². The fourth-order valence-corrected chi connectivity index (χ4v) is 4.10. The molecular formula is C24H22N4O. The fourth-order valence-electron chi connectivity index (χ4n) is 4.10. The Morgan fingerprint density at radius 2 is 1.34 bits per heavy atom. The Morgan fingerprint density at radius 1 is 0.793 bits per heavy atom. The molecule has 5 aromatic rings. The second kappa shape index (κ2) is 6.71. The molecule has 0 saturated heterocycles. The van der Waals surface area contributed by atoms with Gasteiger partial charge in [0.25, 0.3) is 5.56 Å². The number of hydrogen-bond donors (Lipinski definition) is 1. The summed E-state index contributed by atoms with van der Waals surface area (Å²) in [5, 5.41) is 5.85. The number of benzene rings is 3. The third kappa shape index (κ3) is 2.66. The largest absolute Gasteiger partial charge is 0.361 e. The van der Waals surface area contributed by atoms with E-state index in [1.54, 1.807) is 4.68 Å². The third-order valence-electron chi connectivity index (χ3n) is 5.65. The molecular weight excluding hydrogens is 360 g/mol. The lowest BCUT2D eigenvalue weighted by atomic mass is 10.2. The van der Waals surface area contributed by atoms with Gasteiger partial charge in [-0.2, -0.15) is 0 Å². The zero-order valence-electron chi connectivity index (χ0n) is 16.5. The summed E-state index contributed by atoms with van der Waals surface area (Å²) in [5.41, 5.74) is 4.64. The van der Waals surface area contributed by atoms with Gasteiger partial charge >= 0.3 is 0 Å². The van der Waals surface area contributed by atoms with Gasteiger partial charge in [-0.1, -0.05) is 54.6 Å². The van der Waals surface area contributed by atoms with Gasteiger partial charge in [0, 0.05) is 17.8 Å². The minimum atomic E-state index is -0.0445. The lowest BCUT2D eigenvalue weighted by molar-refractivity contribution is 0.630. The van der Waals surface area contributed by atoms with Crippen LogP contribution in [-0.4, -0.2) is 13.9 Å². The summed E-state index contributed by atoms with van der Waals surface area (Å²) >= 11 is 0. The van der Waals surface area contributed by atoms with E-state index < -0.39 is 0 Å². The van der Waals surface area contributed by atoms with E-state index in [1.807, 2.05) is 61.1 Å². The van der Waals surface area contributed by atoms with Crippen molar-refractivity contribution in [1.29, 1.82) is 0 Å². The molecule has 0 aliphatic carbocycles. The first-order valence-corrected chi connectivity index (χ1v) is 9.70. The Hall–Kier alpha value is -3.73. The molecule has 5 nitrogen and oxygen atoms in total. The van der Waals surface area contributed by atoms with Crippen molar-refractivity contribution in [3.05, 3.63) is 94.9 Å². The molecule has 2 heterocycles. The van der Waals surface area contributed by atoms with Crippen molar-refractivity contribution in [2.24, 2.45) is 7.05 Å². The highest BCUT2D eigenvalue weighted by Gasteiger charge is 2.16. The monoisotopic (exact) mass is 382 g/mol. The van der Waals surface area contributed by atoms with E-state index in [-0.39, 0.29) is 5.56 Å². The summed E-state index contributed by atoms with van der Waals surface area (Å²) in [7, 11) is 1.91. The maximum Gasteiger partial charge on any atom is 0.295 e. The van der Waals surface area contributed by atoms with Crippen LogP contribution in [0.3, 0.4) is 0 Å². The molecule has 29 heavy (non-hydrogen) atoms. The van der Waals surface area contributed by atoms with E-state index in [9.17, 15) is 4.79 Å². The molecule has 0 fully saturated rings. The van der Waals surface area contributed by atoms with Crippen molar-refractivity contribution < 1.29 is 0 Å². The van der Waals surface area contributed by atoms with Crippen molar-refractivity contribution in [1.82, 2.24) is 13.9 Å². The van der Waals surface area contributed by atoms with E-state index in [2.05, 4.69) is 46.3 Å². The van der Waals surface area contributed by atoms with Crippen LogP contribution < -0.4 is 10.9 Å². The van der Waals surface area contributed by atoms with Gasteiger partial charge in [-0.15, -0.1) is 0 Å². The van der Waals surface area contributed by atoms with Crippen LogP contribution in [0.5, 0.6) is 0 Å². The summed E-state index contributed by atoms with van der Waals surface area (Å²) in [6.45, 7) is 2.48. The first-order valence-electron chi connectivity index (χ1n) is 9.70. The molecule has 0 radical (unpaired) electrons. The minimum absolute atomic E-state index is 0.0445. The number of anilines is 1. The van der Waals surface area contributed by atoms with Gasteiger partial charge in [0.2, 0.25) is 0 Å². The number of nitrogens with zero attached hydrogens (tertiary/aromatic N) is 3. The molecule has 144 valence electrons. The molecule has 5 heteroatoms. The zero-order valence-corrected chi connectivity index (χ0v) is 16.5. The highest BCUT2D eigenvalue weighted by molar-refractivity contribution is 6.07. The highest BCUT2D eigenvalue weighted by atomic mass is 16.1. The molecule has 0 aliphatic heterocycles. The Labute approximate surface area is 168 Å². The SMILES string of the molecule is Cc1c(NCn2c3ccccc3c3ccccc32)c(=O)n(-c2ccccc2)n1C. The van der Waals surface area contributed by atoms with Gasteiger partial charge in [-0.3, -0.25) is 9.48 Å². The minimum Gasteiger partial charge on any atom is -0.361 e. The normalized spacial score (nSPS) is 11.4. The van der Waals surface area contributed by atoms with Crippen LogP contribution in [0.4, 0.5) is 5.69 Å². The second-order valence-electron chi connectivity index (χ2n) is 7.23. The van der Waals surface area contributed by atoms with Crippen LogP contribution in [0, 0.1) is 6.92 Å². The fraction of sp³-hybridized carbons (Fsp3) is 0.125. The number of rotatable bonds is 4. The van der Waals surface area contributed by atoms with E-state index in [1.165, 1.54) is 10.8 Å². The quantitative estimate of drug-likeness (QED) is 0.491. The highest BCUT2D eigenvalue weighted by Crippen LogP contribution is 2.28. The van der Waals surface area contributed by atoms with Crippen molar-refractivity contribution in [2.75, 3.05) is 5.32 Å². The van der Waals surface area contributed by atoms with Gasteiger partial charge in [0.15, 0.2) is 0 Å². The van der Waals surface area contributed by atoms with Crippen LogP contribution in [0.15, 0.2) is 83.7 Å². The Bertz CT molecular complexity index is 1340. The molecule has 0 atom stereocenters. The second-order valence-corrected chi connectivity index (χ2v) is 7.23. The number of fused-ring (bicyclic) bond motifs is 3. The first kappa shape index (κ1) is 17.4. The number of aromatic nitrogens is 3. The Balaban J connectivity index is 1.59. The van der Waals surface area contributed by atoms with Crippen molar-refractivity contribution in [3.63, 3.8) is 0 Å². The summed E-state index contributed by atoms with van der Waals surface area (Å²) in [4.78, 5) is 13.2. The van der Waals surface area contributed by atoms with Gasteiger partial charge in [0.05, 0.1) is 29.1 Å². The third-order valence-corrected chi connectivity index (χ3v) is 5.65. The van der Waals surface area contributed by atoms with Crippen LogP contribution in [0.2, 0.25) is 0 Å². The predicted octanol–water partition coefficient (Wildman–Crippen LogP) is 4.66. The zero-order chi connectivity index (χ0) is 20.0. The van der Waals surface area contributed by atoms with Gasteiger partial charge in [0.1, 0.15) is 5.69 Å². The van der Waals surface area contributed by atoms with Gasteiger partial charge in [-0.05, 0) is 31.2 Å². The average Bonchev–Trinajstić information content (AvgIpc) is 3.19. The van der Waals surface area contributed by atoms with Crippen LogP contribution in [0.1, 0.15) is 5.69 Å². The summed E-state index contributed by atoms with van der Waals surface area (Å²) in [6, 6.07) is 26.5. The van der Waals surface area contributed by atoms with Gasteiger partial charge < -0.3 is 9.88 Å². The number of hydrogen-bond acceptors (Lipinski definition) is 2. The van der Waals surface area contributed by atoms with Crippen molar-refractivity contribution >= 4 is 27.5 Å². The number of nitrogens with one attached hydrogen (secondary N) is 1. The van der Waals surface area contributed by atoms with E-state index >= 15 is 0 Å². The first-order chi connectivity index (χ1) is 14.2. The Morgan fingerprint density at radius 3 is 1.97 bits per heavy atom. The maximum atomic E-state index is 13.2. The Kier molecular flexibility index (Phi) is 4.02. The molecule has 0 amide bonds. The molecule has 1 N–H and O–H groups in total. The standard InChI is InChI=1S/C24H22N4O/c1-17-23(24(29)28(26(17)2)18-10-4-3-5-11-18)25-16-27-21-14-8-6-12-19(21)20-13-7-9-15-22(20)27/h3-15,25H,16H2,1-2H3. The predicted molar refractivity (Wildman–Crippen MR) is 119 cm³/mol. The summed E-state index contributed by atoms with van der Waals surface area (Å²) in [6.07, 6.45) is 0. The summed E-state index contributed by atoms with van der Waals surface area (Å²) in [5.74, 6) is 0. The maximum absolute atomic E-state index is 13.2. The van der Waals surface area contributed by atoms with Crippen LogP contribution in [0.25, 0.3) is 27.5 Å². The molecule has 0 spiro atoms. The van der Waals surface area contributed by atoms with E-state index in [0.29, 0.717) is 12.4 Å². The van der Waals surface area contributed by atoms with Crippen molar-refractivity contribution in [3.8, 4) is 5.69 Å². The lowest BCUT2D eigenvalue weighted by Crippen LogP contribution is -2.21. The van der Waals surface area contributed by atoms with E-state index in [0.717, 1.165) is 22.4 Å². The lowest BCUT2D eigenvalue weighted by Gasteiger charge is -2.09. The number of para-hydroxylation sites is 3. The molecule has 2 aromatic heterocycles. The smallest absolute Gasteiger partial charge is 0.295 e. The molecule has 0 saturated carbocycles. The van der Waals surface area contributed by atoms with Crippen LogP contribution >= 0.6 is 0 Å².